The molecule has 2 bridgehead atoms. The van der Waals surface area contributed by atoms with Gasteiger partial charge in [0.25, 0.3) is 11.8 Å². The third-order valence-corrected chi connectivity index (χ3v) is 6.59. The number of rotatable bonds is 4. The topological polar surface area (TPSA) is 92.9 Å². The molecule has 0 radical (unpaired) electrons. The van der Waals surface area contributed by atoms with E-state index in [1.54, 1.807) is 25.4 Å². The summed E-state index contributed by atoms with van der Waals surface area (Å²) in [6.45, 7) is 4.40. The molecule has 4 atom stereocenters. The fraction of sp³-hybridized carbons (Fsp3) is 0.600. The van der Waals surface area contributed by atoms with Gasteiger partial charge < -0.3 is 29.4 Å². The molecular formula is C20H25N3O5. The van der Waals surface area contributed by atoms with Gasteiger partial charge in [0.15, 0.2) is 0 Å². The first-order chi connectivity index (χ1) is 13.6. The van der Waals surface area contributed by atoms with E-state index in [0.29, 0.717) is 49.9 Å². The van der Waals surface area contributed by atoms with Crippen LogP contribution in [0.25, 0.3) is 0 Å². The Morgan fingerprint density at radius 3 is 3.00 bits per heavy atom. The molecule has 8 heteroatoms. The van der Waals surface area contributed by atoms with Crippen LogP contribution in [0.1, 0.15) is 30.1 Å². The minimum atomic E-state index is -0.284. The lowest BCUT2D eigenvalue weighted by Gasteiger charge is -2.29. The number of aromatic nitrogens is 1. The summed E-state index contributed by atoms with van der Waals surface area (Å²) >= 11 is 0. The first-order valence-electron chi connectivity index (χ1n) is 9.92. The molecule has 1 aromatic rings. The van der Waals surface area contributed by atoms with E-state index in [-0.39, 0.29) is 35.4 Å². The van der Waals surface area contributed by atoms with E-state index in [9.17, 15) is 9.59 Å². The van der Waals surface area contributed by atoms with Gasteiger partial charge in [-0.05, 0) is 25.8 Å². The van der Waals surface area contributed by atoms with Crippen LogP contribution >= 0.6 is 0 Å². The van der Waals surface area contributed by atoms with E-state index >= 15 is 0 Å². The van der Waals surface area contributed by atoms with Crippen molar-refractivity contribution in [3.8, 4) is 0 Å². The number of hydrogen-bond acceptors (Lipinski definition) is 5. The van der Waals surface area contributed by atoms with Crippen molar-refractivity contribution in [1.29, 1.82) is 0 Å². The van der Waals surface area contributed by atoms with Gasteiger partial charge in [-0.15, -0.1) is 0 Å². The SMILES string of the molecule is CC1=C(C(=O)N2C[C@@H]3[C@H](CNC(=O)c4cc[nH]c4)[C@H]4CC[C@]3(C2)O4)OCCO1. The number of amides is 2. The number of likely N-dealkylation sites (tertiary alicyclic amines) is 1. The highest BCUT2D eigenvalue weighted by molar-refractivity contribution is 5.94. The number of carbonyl (C=O) groups is 2. The van der Waals surface area contributed by atoms with Crippen LogP contribution in [0.4, 0.5) is 0 Å². The molecule has 4 aliphatic heterocycles. The van der Waals surface area contributed by atoms with Gasteiger partial charge in [-0.3, -0.25) is 9.59 Å². The molecule has 5 heterocycles. The van der Waals surface area contributed by atoms with Crippen molar-refractivity contribution in [3.05, 3.63) is 35.5 Å². The number of nitrogens with one attached hydrogen (secondary N) is 2. The number of nitrogens with zero attached hydrogens (tertiary/aromatic N) is 1. The fourth-order valence-electron chi connectivity index (χ4n) is 5.26. The number of aromatic amines is 1. The molecular weight excluding hydrogens is 362 g/mol. The molecule has 3 fully saturated rings. The predicted octanol–water partition coefficient (Wildman–Crippen LogP) is 1.03. The number of ether oxygens (including phenoxy) is 3. The summed E-state index contributed by atoms with van der Waals surface area (Å²) in [6.07, 6.45) is 5.52. The van der Waals surface area contributed by atoms with Crippen LogP contribution in [-0.2, 0) is 19.0 Å². The highest BCUT2D eigenvalue weighted by Crippen LogP contribution is 2.54. The molecule has 28 heavy (non-hydrogen) atoms. The van der Waals surface area contributed by atoms with Crippen LogP contribution in [0.15, 0.2) is 30.0 Å². The molecule has 0 saturated carbocycles. The molecule has 4 aliphatic rings. The third-order valence-electron chi connectivity index (χ3n) is 6.59. The summed E-state index contributed by atoms with van der Waals surface area (Å²) in [5.41, 5.74) is 0.340. The van der Waals surface area contributed by atoms with Crippen LogP contribution in [0.2, 0.25) is 0 Å². The second-order valence-electron chi connectivity index (χ2n) is 8.11. The first-order valence-corrected chi connectivity index (χ1v) is 9.92. The summed E-state index contributed by atoms with van der Waals surface area (Å²) in [5, 5.41) is 3.04. The zero-order valence-electron chi connectivity index (χ0n) is 15.9. The number of carbonyl (C=O) groups excluding carboxylic acids is 2. The molecule has 2 N–H and O–H groups in total. The van der Waals surface area contributed by atoms with Crippen molar-refractivity contribution >= 4 is 11.8 Å². The van der Waals surface area contributed by atoms with E-state index in [4.69, 9.17) is 14.2 Å². The molecule has 0 unspecified atom stereocenters. The fourth-order valence-corrected chi connectivity index (χ4v) is 5.26. The number of fused-ring (bicyclic) bond motifs is 1. The molecule has 3 saturated heterocycles. The number of H-pyrrole nitrogens is 1. The Balaban J connectivity index is 1.28. The van der Waals surface area contributed by atoms with Crippen molar-refractivity contribution in [2.45, 2.75) is 31.5 Å². The second-order valence-corrected chi connectivity index (χ2v) is 8.11. The molecule has 150 valence electrons. The predicted molar refractivity (Wildman–Crippen MR) is 98.1 cm³/mol. The number of allylic oxidation sites excluding steroid dienone is 1. The van der Waals surface area contributed by atoms with Crippen molar-refractivity contribution in [2.75, 3.05) is 32.8 Å². The maximum atomic E-state index is 13.0. The van der Waals surface area contributed by atoms with Crippen LogP contribution < -0.4 is 5.32 Å². The molecule has 1 aromatic heterocycles. The van der Waals surface area contributed by atoms with Gasteiger partial charge in [-0.1, -0.05) is 0 Å². The Hall–Kier alpha value is -2.48. The maximum Gasteiger partial charge on any atom is 0.292 e. The minimum Gasteiger partial charge on any atom is -0.491 e. The second kappa shape index (κ2) is 6.55. The number of hydrogen-bond donors (Lipinski definition) is 2. The highest BCUT2D eigenvalue weighted by Gasteiger charge is 2.63. The van der Waals surface area contributed by atoms with Gasteiger partial charge in [0, 0.05) is 37.3 Å². The van der Waals surface area contributed by atoms with Crippen molar-refractivity contribution in [2.24, 2.45) is 11.8 Å². The summed E-state index contributed by atoms with van der Waals surface area (Å²) < 4.78 is 17.4. The van der Waals surface area contributed by atoms with Gasteiger partial charge in [-0.25, -0.2) is 0 Å². The molecule has 5 rings (SSSR count). The van der Waals surface area contributed by atoms with Gasteiger partial charge >= 0.3 is 0 Å². The zero-order chi connectivity index (χ0) is 19.3. The average molecular weight is 387 g/mol. The molecule has 0 aromatic carbocycles. The largest absolute Gasteiger partial charge is 0.491 e. The monoisotopic (exact) mass is 387 g/mol. The Kier molecular flexibility index (Phi) is 4.12. The molecule has 0 aliphatic carbocycles. The lowest BCUT2D eigenvalue weighted by molar-refractivity contribution is -0.133. The smallest absolute Gasteiger partial charge is 0.292 e. The van der Waals surface area contributed by atoms with E-state index in [2.05, 4.69) is 10.3 Å². The Bertz CT molecular complexity index is 820. The van der Waals surface area contributed by atoms with E-state index in [1.807, 2.05) is 4.90 Å². The van der Waals surface area contributed by atoms with Crippen LogP contribution in [0.5, 0.6) is 0 Å². The summed E-state index contributed by atoms with van der Waals surface area (Å²) in [7, 11) is 0. The van der Waals surface area contributed by atoms with Gasteiger partial charge in [0.05, 0.1) is 23.8 Å². The maximum absolute atomic E-state index is 13.0. The highest BCUT2D eigenvalue weighted by atomic mass is 16.6. The van der Waals surface area contributed by atoms with Crippen molar-refractivity contribution < 1.29 is 23.8 Å². The standard InChI is InChI=1S/C20H25N3O5/c1-12-17(27-7-6-26-12)19(25)23-10-15-14(16-2-4-20(15,11-23)28-16)9-22-18(24)13-3-5-21-8-13/h3,5,8,14-16,21H,2,4,6-7,9-11H2,1H3,(H,22,24)/t14-,15+,16+,20+/m0/s1. The molecule has 1 spiro atoms. The van der Waals surface area contributed by atoms with Crippen molar-refractivity contribution in [3.63, 3.8) is 0 Å². The summed E-state index contributed by atoms with van der Waals surface area (Å²) in [6, 6.07) is 1.76. The van der Waals surface area contributed by atoms with E-state index < -0.39 is 0 Å². The van der Waals surface area contributed by atoms with Crippen molar-refractivity contribution in [1.82, 2.24) is 15.2 Å². The summed E-state index contributed by atoms with van der Waals surface area (Å²) in [4.78, 5) is 30.0. The Labute approximate surface area is 163 Å². The van der Waals surface area contributed by atoms with E-state index in [0.717, 1.165) is 12.8 Å². The Morgan fingerprint density at radius 1 is 1.36 bits per heavy atom. The van der Waals surface area contributed by atoms with Crippen LogP contribution in [0, 0.1) is 11.8 Å². The molecule has 2 amide bonds. The lowest BCUT2D eigenvalue weighted by Crippen LogP contribution is -2.41. The van der Waals surface area contributed by atoms with Crippen LogP contribution in [-0.4, -0.2) is 66.3 Å². The van der Waals surface area contributed by atoms with Gasteiger partial charge in [0.2, 0.25) is 5.76 Å². The van der Waals surface area contributed by atoms with Gasteiger partial charge in [0.1, 0.15) is 19.0 Å². The average Bonchev–Trinajstić information content (AvgIpc) is 3.46. The minimum absolute atomic E-state index is 0.0856. The van der Waals surface area contributed by atoms with Crippen LogP contribution in [0.3, 0.4) is 0 Å². The van der Waals surface area contributed by atoms with E-state index in [1.165, 1.54) is 0 Å². The third kappa shape index (κ3) is 2.70. The lowest BCUT2D eigenvalue weighted by atomic mass is 9.73. The summed E-state index contributed by atoms with van der Waals surface area (Å²) in [5.74, 6) is 1.10. The van der Waals surface area contributed by atoms with Gasteiger partial charge in [-0.2, -0.15) is 0 Å². The quantitative estimate of drug-likeness (QED) is 0.805. The first kappa shape index (κ1) is 17.6. The zero-order valence-corrected chi connectivity index (χ0v) is 15.9. The molecule has 8 nitrogen and oxygen atoms in total. The Morgan fingerprint density at radius 2 is 2.21 bits per heavy atom. The normalized spacial score (nSPS) is 33.5.